The van der Waals surface area contributed by atoms with Crippen molar-refractivity contribution in [1.29, 1.82) is 0 Å². The first kappa shape index (κ1) is 27.1. The molecular formula is C29H29N3O8. The molecule has 4 atom stereocenters. The van der Waals surface area contributed by atoms with Crippen LogP contribution in [0.2, 0.25) is 0 Å². The first-order valence-corrected chi connectivity index (χ1v) is 12.7. The molecule has 2 aromatic carbocycles. The van der Waals surface area contributed by atoms with E-state index in [2.05, 4.69) is 0 Å². The zero-order valence-corrected chi connectivity index (χ0v) is 21.9. The standard InChI is InChI=1S/C29H29N3O8/c1-31(2)24-20-12-16-11-18-15(7-6-14-4-3-5-17(10-14)32(39)40)8-9-21(33)23(18)26(35)22(16)27(36)29(20,38)13-19(25(24)34)28(30)37/h3-10,16,20,24,33-35,38H,11-13H2,1-2H3,(H2,30,37)/b7-6+. The summed E-state index contributed by atoms with van der Waals surface area (Å²) in [5, 5.41) is 55.8. The Kier molecular flexibility index (Phi) is 6.51. The highest BCUT2D eigenvalue weighted by molar-refractivity contribution is 6.10. The van der Waals surface area contributed by atoms with E-state index in [0.717, 1.165) is 0 Å². The zero-order chi connectivity index (χ0) is 29.1. The Balaban J connectivity index is 1.60. The lowest BCUT2D eigenvalue weighted by Crippen LogP contribution is -2.62. The average Bonchev–Trinajstić information content (AvgIpc) is 2.89. The summed E-state index contributed by atoms with van der Waals surface area (Å²) in [6.07, 6.45) is 3.34. The van der Waals surface area contributed by atoms with Gasteiger partial charge in [0.15, 0.2) is 5.78 Å². The number of nitro benzene ring substituents is 1. The zero-order valence-electron chi connectivity index (χ0n) is 21.9. The van der Waals surface area contributed by atoms with Gasteiger partial charge in [-0.25, -0.2) is 0 Å². The van der Waals surface area contributed by atoms with E-state index in [4.69, 9.17) is 5.73 Å². The molecule has 0 saturated heterocycles. The Bertz CT molecular complexity index is 1560. The Morgan fingerprint density at radius 2 is 1.90 bits per heavy atom. The van der Waals surface area contributed by atoms with Gasteiger partial charge in [0.05, 0.1) is 22.1 Å². The van der Waals surface area contributed by atoms with Crippen molar-refractivity contribution >= 4 is 35.3 Å². The number of Topliss-reactive ketones (excluding diaryl/α,β-unsaturated/α-hetero) is 1. The fourth-order valence-electron chi connectivity index (χ4n) is 6.44. The molecule has 40 heavy (non-hydrogen) atoms. The first-order chi connectivity index (χ1) is 18.8. The molecule has 2 aromatic rings. The molecule has 11 nitrogen and oxygen atoms in total. The number of phenolic OH excluding ortho intramolecular Hbond substituents is 1. The van der Waals surface area contributed by atoms with E-state index >= 15 is 0 Å². The van der Waals surface area contributed by atoms with Gasteiger partial charge >= 0.3 is 0 Å². The molecule has 0 spiro atoms. The largest absolute Gasteiger partial charge is 0.510 e. The van der Waals surface area contributed by atoms with Crippen LogP contribution in [0.1, 0.15) is 35.1 Å². The van der Waals surface area contributed by atoms with Crippen LogP contribution in [0, 0.1) is 22.0 Å². The van der Waals surface area contributed by atoms with E-state index in [1.807, 2.05) is 0 Å². The van der Waals surface area contributed by atoms with Crippen LogP contribution >= 0.6 is 0 Å². The van der Waals surface area contributed by atoms with Crippen molar-refractivity contribution in [2.24, 2.45) is 17.6 Å². The summed E-state index contributed by atoms with van der Waals surface area (Å²) in [7, 11) is 3.31. The number of non-ortho nitro benzene ring substituents is 1. The Hall–Kier alpha value is -4.48. The number of carbonyl (C=O) groups is 2. The lowest BCUT2D eigenvalue weighted by atomic mass is 9.57. The maximum atomic E-state index is 13.9. The number of aromatic hydroxyl groups is 1. The van der Waals surface area contributed by atoms with Crippen molar-refractivity contribution in [2.45, 2.75) is 30.9 Å². The number of primary amides is 1. The molecule has 0 radical (unpaired) electrons. The molecule has 1 amide bonds. The number of aliphatic hydroxyl groups is 3. The number of amides is 1. The molecule has 3 aliphatic carbocycles. The number of fused-ring (bicyclic) bond motifs is 3. The van der Waals surface area contributed by atoms with Gasteiger partial charge in [-0.2, -0.15) is 0 Å². The van der Waals surface area contributed by atoms with Crippen LogP contribution in [0.4, 0.5) is 5.69 Å². The highest BCUT2D eigenvalue weighted by Crippen LogP contribution is 2.53. The number of carbonyl (C=O) groups excluding carboxylic acids is 2. The van der Waals surface area contributed by atoms with E-state index in [0.29, 0.717) is 16.7 Å². The Morgan fingerprint density at radius 3 is 2.55 bits per heavy atom. The van der Waals surface area contributed by atoms with Gasteiger partial charge in [-0.1, -0.05) is 30.4 Å². The van der Waals surface area contributed by atoms with Gasteiger partial charge in [-0.3, -0.25) is 24.6 Å². The molecule has 5 rings (SSSR count). The second kappa shape index (κ2) is 9.61. The number of nitrogens with zero attached hydrogens (tertiary/aromatic N) is 2. The Labute approximate surface area is 229 Å². The third kappa shape index (κ3) is 4.14. The van der Waals surface area contributed by atoms with Crippen LogP contribution in [0.3, 0.4) is 0 Å². The minimum Gasteiger partial charge on any atom is -0.510 e. The second-order valence-corrected chi connectivity index (χ2v) is 10.8. The van der Waals surface area contributed by atoms with E-state index in [1.54, 1.807) is 49.3 Å². The van der Waals surface area contributed by atoms with Crippen molar-refractivity contribution in [3.05, 3.63) is 85.7 Å². The van der Waals surface area contributed by atoms with Crippen molar-refractivity contribution < 1.29 is 34.9 Å². The van der Waals surface area contributed by atoms with Gasteiger partial charge < -0.3 is 26.2 Å². The normalized spacial score (nSPS) is 26.1. The molecule has 3 aliphatic rings. The summed E-state index contributed by atoms with van der Waals surface area (Å²) in [6, 6.07) is 8.24. The van der Waals surface area contributed by atoms with E-state index in [1.165, 1.54) is 18.2 Å². The molecule has 4 unspecified atom stereocenters. The summed E-state index contributed by atoms with van der Waals surface area (Å²) in [4.78, 5) is 38.2. The predicted molar refractivity (Wildman–Crippen MR) is 146 cm³/mol. The molecule has 0 bridgehead atoms. The van der Waals surface area contributed by atoms with Crippen molar-refractivity contribution in [3.8, 4) is 5.75 Å². The van der Waals surface area contributed by atoms with Crippen LogP contribution in [0.25, 0.3) is 17.9 Å². The molecule has 0 aromatic heterocycles. The van der Waals surface area contributed by atoms with Crippen LogP contribution in [-0.2, 0) is 16.0 Å². The predicted octanol–water partition coefficient (Wildman–Crippen LogP) is 2.86. The number of phenols is 1. The Morgan fingerprint density at radius 1 is 1.18 bits per heavy atom. The van der Waals surface area contributed by atoms with Gasteiger partial charge in [0, 0.05) is 30.0 Å². The number of ketones is 1. The minimum atomic E-state index is -2.10. The average molecular weight is 548 g/mol. The maximum Gasteiger partial charge on any atom is 0.270 e. The fraction of sp³-hybridized carbons (Fsp3) is 0.310. The molecule has 6 N–H and O–H groups in total. The van der Waals surface area contributed by atoms with Gasteiger partial charge in [0.2, 0.25) is 5.91 Å². The number of nitrogens with two attached hydrogens (primary N) is 1. The van der Waals surface area contributed by atoms with Crippen molar-refractivity contribution in [2.75, 3.05) is 14.1 Å². The minimum absolute atomic E-state index is 0.0379. The van der Waals surface area contributed by atoms with E-state index in [9.17, 15) is 40.1 Å². The van der Waals surface area contributed by atoms with Crippen LogP contribution in [0.15, 0.2) is 53.3 Å². The van der Waals surface area contributed by atoms with Gasteiger partial charge in [0.1, 0.15) is 22.9 Å². The van der Waals surface area contributed by atoms with Gasteiger partial charge in [-0.05, 0) is 55.6 Å². The lowest BCUT2D eigenvalue weighted by molar-refractivity contribution is -0.384. The number of hydrogen-bond donors (Lipinski definition) is 5. The number of benzene rings is 2. The smallest absolute Gasteiger partial charge is 0.270 e. The number of likely N-dealkylation sites (N-methyl/N-ethyl adjacent to an activating group) is 1. The third-order valence-electron chi connectivity index (χ3n) is 8.27. The molecule has 1 saturated carbocycles. The van der Waals surface area contributed by atoms with E-state index in [-0.39, 0.29) is 46.7 Å². The molecule has 208 valence electrons. The highest BCUT2D eigenvalue weighted by atomic mass is 16.6. The fourth-order valence-corrected chi connectivity index (χ4v) is 6.44. The van der Waals surface area contributed by atoms with E-state index < -0.39 is 52.3 Å². The molecular weight excluding hydrogens is 518 g/mol. The van der Waals surface area contributed by atoms with Crippen LogP contribution < -0.4 is 5.73 Å². The number of hydrogen-bond acceptors (Lipinski definition) is 9. The quantitative estimate of drug-likeness (QED) is 0.213. The topological polar surface area (TPSA) is 187 Å². The summed E-state index contributed by atoms with van der Waals surface area (Å²) in [5.41, 5.74) is 4.87. The second-order valence-electron chi connectivity index (χ2n) is 10.8. The maximum absolute atomic E-state index is 13.9. The SMILES string of the molecule is CN(C)C1C(O)=C(C(N)=O)CC2(O)C(=O)C3=C(O)c4c(O)ccc(/C=C/c5cccc([N+](=O)[O-])c5)c4CC3CC12. The monoisotopic (exact) mass is 547 g/mol. The summed E-state index contributed by atoms with van der Waals surface area (Å²) in [6.45, 7) is 0. The number of rotatable bonds is 5. The number of aliphatic hydroxyl groups excluding tert-OH is 2. The van der Waals surface area contributed by atoms with Gasteiger partial charge in [-0.15, -0.1) is 0 Å². The lowest BCUT2D eigenvalue weighted by Gasteiger charge is -2.51. The first-order valence-electron chi connectivity index (χ1n) is 12.7. The molecule has 11 heteroatoms. The summed E-state index contributed by atoms with van der Waals surface area (Å²) < 4.78 is 0. The van der Waals surface area contributed by atoms with Crippen molar-refractivity contribution in [3.63, 3.8) is 0 Å². The van der Waals surface area contributed by atoms with Gasteiger partial charge in [0.25, 0.3) is 5.69 Å². The summed E-state index contributed by atoms with van der Waals surface area (Å²) in [5.74, 6) is -4.07. The van der Waals surface area contributed by atoms with Crippen molar-refractivity contribution in [1.82, 2.24) is 4.90 Å². The van der Waals surface area contributed by atoms with Crippen LogP contribution in [-0.4, -0.2) is 67.7 Å². The molecule has 0 heterocycles. The van der Waals surface area contributed by atoms with Crippen LogP contribution in [0.5, 0.6) is 5.75 Å². The molecule has 1 fully saturated rings. The number of nitro groups is 1. The molecule has 0 aliphatic heterocycles. The highest BCUT2D eigenvalue weighted by Gasteiger charge is 2.60. The summed E-state index contributed by atoms with van der Waals surface area (Å²) >= 11 is 0. The third-order valence-corrected chi connectivity index (χ3v) is 8.27.